The minimum absolute atomic E-state index is 0.0366. The number of fused-ring (bicyclic) bond motifs is 3. The lowest BCUT2D eigenvalue weighted by Crippen LogP contribution is -2.57. The maximum absolute atomic E-state index is 13.9. The van der Waals surface area contributed by atoms with Crippen LogP contribution in [0.5, 0.6) is 23.0 Å². The molecule has 3 aliphatic rings. The molecule has 1 heterocycles. The van der Waals surface area contributed by atoms with Gasteiger partial charge in [-0.15, -0.1) is 0 Å². The monoisotopic (exact) mass is 596 g/mol. The number of carbonyl (C=O) groups is 2. The fourth-order valence-corrected chi connectivity index (χ4v) is 6.23. The van der Waals surface area contributed by atoms with Gasteiger partial charge in [0.05, 0.1) is 46.5 Å². The minimum atomic E-state index is -1.18. The Labute approximate surface area is 251 Å². The minimum Gasteiger partial charge on any atom is -0.497 e. The largest absolute Gasteiger partial charge is 0.497 e. The second-order valence-electron chi connectivity index (χ2n) is 11.1. The molecule has 0 radical (unpaired) electrons. The first-order valence-electron chi connectivity index (χ1n) is 14.6. The lowest BCUT2D eigenvalue weighted by molar-refractivity contribution is -0.144. The van der Waals surface area contributed by atoms with Gasteiger partial charge < -0.3 is 44.5 Å². The van der Waals surface area contributed by atoms with Crippen molar-refractivity contribution in [3.63, 3.8) is 0 Å². The third-order valence-corrected chi connectivity index (χ3v) is 8.70. The Morgan fingerprint density at radius 3 is 2.44 bits per heavy atom. The summed E-state index contributed by atoms with van der Waals surface area (Å²) in [6.07, 6.45) is 2.50. The van der Waals surface area contributed by atoms with Crippen LogP contribution in [0.15, 0.2) is 42.0 Å². The van der Waals surface area contributed by atoms with E-state index >= 15 is 0 Å². The topological polar surface area (TPSA) is 147 Å². The summed E-state index contributed by atoms with van der Waals surface area (Å²) in [6, 6.07) is 8.02. The van der Waals surface area contributed by atoms with E-state index in [1.807, 2.05) is 12.1 Å². The zero-order chi connectivity index (χ0) is 30.7. The third kappa shape index (κ3) is 5.89. The second-order valence-corrected chi connectivity index (χ2v) is 11.1. The lowest BCUT2D eigenvalue weighted by atomic mass is 9.76. The van der Waals surface area contributed by atoms with Crippen LogP contribution in [0.3, 0.4) is 0 Å². The van der Waals surface area contributed by atoms with Crippen molar-refractivity contribution in [2.24, 2.45) is 5.92 Å². The number of aliphatic hydroxyl groups is 3. The lowest BCUT2D eigenvalue weighted by Gasteiger charge is -2.43. The molecule has 2 amide bonds. The molecule has 1 fully saturated rings. The number of methoxy groups -OCH3 is 3. The van der Waals surface area contributed by atoms with E-state index in [1.165, 1.54) is 7.11 Å². The summed E-state index contributed by atoms with van der Waals surface area (Å²) in [7, 11) is 4.65. The van der Waals surface area contributed by atoms with Gasteiger partial charge in [0.1, 0.15) is 23.7 Å². The molecule has 2 aromatic carbocycles. The molecule has 4 atom stereocenters. The van der Waals surface area contributed by atoms with Crippen molar-refractivity contribution in [2.45, 2.75) is 56.5 Å². The predicted molar refractivity (Wildman–Crippen MR) is 156 cm³/mol. The molecule has 232 valence electrons. The summed E-state index contributed by atoms with van der Waals surface area (Å²) in [5.41, 5.74) is 2.33. The molecular weight excluding hydrogens is 556 g/mol. The van der Waals surface area contributed by atoms with Gasteiger partial charge in [0, 0.05) is 30.1 Å². The molecule has 4 N–H and O–H groups in total. The van der Waals surface area contributed by atoms with Gasteiger partial charge in [-0.3, -0.25) is 9.59 Å². The number of hydrogen-bond donors (Lipinski definition) is 4. The highest BCUT2D eigenvalue weighted by Gasteiger charge is 2.52. The van der Waals surface area contributed by atoms with E-state index in [0.717, 1.165) is 24.8 Å². The zero-order valence-corrected chi connectivity index (χ0v) is 24.7. The van der Waals surface area contributed by atoms with E-state index in [4.69, 9.17) is 18.9 Å². The Kier molecular flexibility index (Phi) is 9.43. The van der Waals surface area contributed by atoms with Crippen molar-refractivity contribution >= 4 is 11.8 Å². The number of nitrogens with zero attached hydrogens (tertiary/aromatic N) is 1. The van der Waals surface area contributed by atoms with E-state index in [1.54, 1.807) is 43.4 Å². The quantitative estimate of drug-likeness (QED) is 0.288. The van der Waals surface area contributed by atoms with Gasteiger partial charge in [-0.2, -0.15) is 0 Å². The first-order valence-corrected chi connectivity index (χ1v) is 14.6. The molecule has 1 aliphatic heterocycles. The predicted octanol–water partition coefficient (Wildman–Crippen LogP) is 1.70. The molecule has 0 bridgehead atoms. The SMILES string of the molecule is COc1ccc(OC)c(CCN(C(=O)C2CCC2)[C@@H]2C=C(C(=O)NCCO)[C@@H]3c4cc(CO)cc(OC)c4O[C@@H]3[C@H]2O)c1. The highest BCUT2D eigenvalue weighted by atomic mass is 16.5. The van der Waals surface area contributed by atoms with Crippen LogP contribution in [-0.4, -0.2) is 91.3 Å². The van der Waals surface area contributed by atoms with Crippen LogP contribution in [0.1, 0.15) is 41.9 Å². The Morgan fingerprint density at radius 2 is 1.81 bits per heavy atom. The van der Waals surface area contributed by atoms with E-state index in [9.17, 15) is 24.9 Å². The van der Waals surface area contributed by atoms with Gasteiger partial charge in [0.2, 0.25) is 11.8 Å². The summed E-state index contributed by atoms with van der Waals surface area (Å²) in [5, 5.41) is 33.9. The molecule has 0 spiro atoms. The van der Waals surface area contributed by atoms with E-state index in [0.29, 0.717) is 46.1 Å². The molecular formula is C32H40N2O9. The van der Waals surface area contributed by atoms with E-state index in [2.05, 4.69) is 5.32 Å². The van der Waals surface area contributed by atoms with Crippen LogP contribution in [0, 0.1) is 5.92 Å². The van der Waals surface area contributed by atoms with Crippen molar-refractivity contribution in [2.75, 3.05) is 41.0 Å². The maximum Gasteiger partial charge on any atom is 0.247 e. The highest BCUT2D eigenvalue weighted by Crippen LogP contribution is 2.51. The van der Waals surface area contributed by atoms with Gasteiger partial charge in [0.25, 0.3) is 0 Å². The molecule has 11 heteroatoms. The van der Waals surface area contributed by atoms with E-state index in [-0.39, 0.29) is 38.1 Å². The molecule has 11 nitrogen and oxygen atoms in total. The Morgan fingerprint density at radius 1 is 1.05 bits per heavy atom. The number of carbonyl (C=O) groups excluding carboxylic acids is 2. The molecule has 0 unspecified atom stereocenters. The summed E-state index contributed by atoms with van der Waals surface area (Å²) in [5.74, 6) is 0.710. The molecule has 2 aliphatic carbocycles. The van der Waals surface area contributed by atoms with Gasteiger partial charge in [0.15, 0.2) is 11.5 Å². The molecule has 5 rings (SSSR count). The molecule has 43 heavy (non-hydrogen) atoms. The summed E-state index contributed by atoms with van der Waals surface area (Å²) in [4.78, 5) is 29.1. The van der Waals surface area contributed by atoms with Crippen LogP contribution >= 0.6 is 0 Å². The smallest absolute Gasteiger partial charge is 0.247 e. The summed E-state index contributed by atoms with van der Waals surface area (Å²) >= 11 is 0. The Balaban J connectivity index is 1.55. The average molecular weight is 597 g/mol. The van der Waals surface area contributed by atoms with Gasteiger partial charge in [-0.1, -0.05) is 6.42 Å². The number of aliphatic hydroxyl groups excluding tert-OH is 3. The van der Waals surface area contributed by atoms with Crippen molar-refractivity contribution in [1.82, 2.24) is 10.2 Å². The van der Waals surface area contributed by atoms with Crippen molar-refractivity contribution in [3.05, 3.63) is 58.7 Å². The number of hydrogen-bond acceptors (Lipinski definition) is 9. The van der Waals surface area contributed by atoms with Crippen molar-refractivity contribution in [1.29, 1.82) is 0 Å². The maximum atomic E-state index is 13.9. The molecule has 0 saturated heterocycles. The molecule has 1 saturated carbocycles. The van der Waals surface area contributed by atoms with Gasteiger partial charge in [-0.05, 0) is 66.8 Å². The van der Waals surface area contributed by atoms with Crippen molar-refractivity contribution < 1.29 is 43.9 Å². The number of amides is 2. The number of ether oxygens (including phenoxy) is 4. The Bertz CT molecular complexity index is 1370. The van der Waals surface area contributed by atoms with E-state index < -0.39 is 30.1 Å². The third-order valence-electron chi connectivity index (χ3n) is 8.70. The second kappa shape index (κ2) is 13.2. The number of benzene rings is 2. The van der Waals surface area contributed by atoms with Gasteiger partial charge in [-0.25, -0.2) is 0 Å². The zero-order valence-electron chi connectivity index (χ0n) is 24.7. The summed E-state index contributed by atoms with van der Waals surface area (Å²) < 4.78 is 22.8. The average Bonchev–Trinajstić information content (AvgIpc) is 3.39. The number of rotatable bonds is 12. The fraction of sp³-hybridized carbons (Fsp3) is 0.500. The van der Waals surface area contributed by atoms with Crippen LogP contribution in [0.25, 0.3) is 0 Å². The normalized spacial score (nSPS) is 22.3. The van der Waals surface area contributed by atoms with Crippen LogP contribution < -0.4 is 24.3 Å². The first-order chi connectivity index (χ1) is 20.8. The summed E-state index contributed by atoms with van der Waals surface area (Å²) in [6.45, 7) is -0.206. The standard InChI is InChI=1S/C32H40N2O9/c1-40-21-7-8-25(41-2)20(15-21)9-11-34(32(39)19-5-4-6-19)24-16-23(31(38)33-10-12-35)27-22-13-18(17-36)14-26(42-3)29(22)43-30(27)28(24)37/h7-8,13-16,19,24,27-28,30,35-37H,4-6,9-12,17H2,1-3H3,(H,33,38)/t24-,27+,28+,30+/m1/s1. The van der Waals surface area contributed by atoms with Crippen LogP contribution in [-0.2, 0) is 22.6 Å². The first kappa shape index (κ1) is 30.7. The van der Waals surface area contributed by atoms with Crippen molar-refractivity contribution in [3.8, 4) is 23.0 Å². The molecule has 2 aromatic rings. The van der Waals surface area contributed by atoms with Gasteiger partial charge >= 0.3 is 0 Å². The highest BCUT2D eigenvalue weighted by molar-refractivity contribution is 5.96. The molecule has 0 aromatic heterocycles. The fourth-order valence-electron chi connectivity index (χ4n) is 6.23. The van der Waals surface area contributed by atoms with Crippen LogP contribution in [0.2, 0.25) is 0 Å². The number of nitrogens with one attached hydrogen (secondary N) is 1. The Hall–Kier alpha value is -3.80. The van der Waals surface area contributed by atoms with Crippen LogP contribution in [0.4, 0.5) is 0 Å².